The Morgan fingerprint density at radius 1 is 1.23 bits per heavy atom. The molecule has 9 heteroatoms. The Kier molecular flexibility index (Phi) is 7.20. The number of aromatic nitrogens is 1. The van der Waals surface area contributed by atoms with Crippen LogP contribution in [0, 0.1) is 11.7 Å². The molecule has 3 aromatic rings. The van der Waals surface area contributed by atoms with E-state index in [4.69, 9.17) is 14.2 Å². The van der Waals surface area contributed by atoms with Crippen molar-refractivity contribution in [1.29, 1.82) is 0 Å². The van der Waals surface area contributed by atoms with Gasteiger partial charge in [-0.2, -0.15) is 0 Å². The number of rotatable bonds is 8. The van der Waals surface area contributed by atoms with Gasteiger partial charge in [0.1, 0.15) is 17.7 Å². The molecule has 3 aliphatic rings. The molecule has 2 fully saturated rings. The predicted molar refractivity (Wildman–Crippen MR) is 145 cm³/mol. The smallest absolute Gasteiger partial charge is 0.309 e. The number of carboxylic acid groups (broad SMARTS) is 1. The summed E-state index contributed by atoms with van der Waals surface area (Å²) in [6.45, 7) is 3.71. The van der Waals surface area contributed by atoms with Gasteiger partial charge in [0, 0.05) is 30.8 Å². The number of carbonyl (C=O) groups is 1. The Balaban J connectivity index is 1.32. The summed E-state index contributed by atoms with van der Waals surface area (Å²) in [7, 11) is 1.51. The summed E-state index contributed by atoms with van der Waals surface area (Å²) in [6.07, 6.45) is 2.63. The number of hydrogen-bond acceptors (Lipinski definition) is 7. The number of aliphatic carboxylic acids is 1. The number of methoxy groups -OCH3 is 1. The number of ether oxygens (including phenoxy) is 3. The highest BCUT2D eigenvalue weighted by Gasteiger charge is 2.39. The van der Waals surface area contributed by atoms with E-state index in [1.807, 2.05) is 18.2 Å². The molecule has 0 radical (unpaired) electrons. The maximum atomic E-state index is 15.0. The monoisotopic (exact) mass is 548 g/mol. The predicted octanol–water partition coefficient (Wildman–Crippen LogP) is 4.69. The van der Waals surface area contributed by atoms with E-state index < -0.39 is 23.8 Å². The average Bonchev–Trinajstić information content (AvgIpc) is 3.60. The number of aliphatic hydroxyl groups is 1. The number of morpholine rings is 1. The lowest BCUT2D eigenvalue weighted by atomic mass is 9.91. The number of pyridine rings is 1. The first-order chi connectivity index (χ1) is 19.3. The van der Waals surface area contributed by atoms with E-state index in [0.29, 0.717) is 41.9 Å². The van der Waals surface area contributed by atoms with Crippen LogP contribution >= 0.6 is 0 Å². The van der Waals surface area contributed by atoms with Gasteiger partial charge in [0.05, 0.1) is 38.0 Å². The zero-order valence-corrected chi connectivity index (χ0v) is 22.5. The van der Waals surface area contributed by atoms with Crippen LogP contribution in [0.1, 0.15) is 54.2 Å². The topological polar surface area (TPSA) is 101 Å². The number of carboxylic acids is 1. The van der Waals surface area contributed by atoms with Crippen molar-refractivity contribution in [3.05, 3.63) is 76.7 Å². The lowest BCUT2D eigenvalue weighted by Crippen LogP contribution is -2.36. The maximum absolute atomic E-state index is 15.0. The first kappa shape index (κ1) is 26.7. The van der Waals surface area contributed by atoms with Crippen molar-refractivity contribution in [2.24, 2.45) is 5.92 Å². The molecule has 2 N–H and O–H groups in total. The average molecular weight is 549 g/mol. The third kappa shape index (κ3) is 5.05. The number of likely N-dealkylation sites (tertiary alicyclic amines) is 1. The molecule has 2 bridgehead atoms. The number of halogens is 1. The Morgan fingerprint density at radius 2 is 2.08 bits per heavy atom. The second-order valence-electron chi connectivity index (χ2n) is 11.0. The summed E-state index contributed by atoms with van der Waals surface area (Å²) in [5, 5.41) is 19.9. The van der Waals surface area contributed by atoms with E-state index in [1.165, 1.54) is 20.2 Å². The van der Waals surface area contributed by atoms with Gasteiger partial charge in [0.25, 0.3) is 0 Å². The molecule has 1 aromatic heterocycles. The number of aliphatic hydroxyl groups excluding tert-OH is 1. The zero-order valence-electron chi connectivity index (χ0n) is 22.5. The molecule has 4 heterocycles. The molecule has 3 unspecified atom stereocenters. The van der Waals surface area contributed by atoms with Gasteiger partial charge in [-0.05, 0) is 60.1 Å². The molecule has 6 rings (SSSR count). The first-order valence-electron chi connectivity index (χ1n) is 13.7. The van der Waals surface area contributed by atoms with Crippen molar-refractivity contribution in [1.82, 2.24) is 9.88 Å². The van der Waals surface area contributed by atoms with E-state index in [-0.39, 0.29) is 12.2 Å². The van der Waals surface area contributed by atoms with Gasteiger partial charge in [-0.1, -0.05) is 30.3 Å². The molecule has 40 heavy (non-hydrogen) atoms. The van der Waals surface area contributed by atoms with Gasteiger partial charge in [-0.3, -0.25) is 9.69 Å². The quantitative estimate of drug-likeness (QED) is 0.418. The highest BCUT2D eigenvalue weighted by atomic mass is 19.1. The summed E-state index contributed by atoms with van der Waals surface area (Å²) in [5.41, 5.74) is 4.73. The normalized spacial score (nSPS) is 23.4. The van der Waals surface area contributed by atoms with Crippen molar-refractivity contribution in [3.8, 4) is 22.8 Å². The molecule has 0 aliphatic carbocycles. The van der Waals surface area contributed by atoms with Gasteiger partial charge in [0.15, 0.2) is 0 Å². The standard InChI is InChI=1S/C31H33FN2O6/c1-17(31(36)37)30(35)20-4-3-18-6-8-27(40-28(18)10-20)19-5-7-24(25-12-29(38-2)33-13-26(25)32)21(9-19)14-34-15-23-11-22(34)16-39-23/h3-5,7,9-10,12-13,17,22-23,27,30,35H,6,8,11,14-16H2,1-2H3,(H,36,37)/t17-,22?,23?,27?,30+/m0/s1. The molecule has 2 saturated heterocycles. The van der Waals surface area contributed by atoms with E-state index in [0.717, 1.165) is 48.1 Å². The third-order valence-corrected chi connectivity index (χ3v) is 8.46. The largest absolute Gasteiger partial charge is 0.485 e. The van der Waals surface area contributed by atoms with Crippen LogP contribution in [0.25, 0.3) is 11.1 Å². The van der Waals surface area contributed by atoms with Crippen LogP contribution in [0.5, 0.6) is 11.6 Å². The fraction of sp³-hybridized carbons (Fsp3) is 0.419. The van der Waals surface area contributed by atoms with Crippen molar-refractivity contribution < 1.29 is 33.6 Å². The number of nitrogens with zero attached hydrogens (tertiary/aromatic N) is 2. The zero-order chi connectivity index (χ0) is 28.0. The summed E-state index contributed by atoms with van der Waals surface area (Å²) < 4.78 is 32.5. The van der Waals surface area contributed by atoms with Crippen molar-refractivity contribution in [3.63, 3.8) is 0 Å². The second-order valence-corrected chi connectivity index (χ2v) is 11.0. The first-order valence-corrected chi connectivity index (χ1v) is 13.7. The molecule has 210 valence electrons. The van der Waals surface area contributed by atoms with Gasteiger partial charge in [-0.15, -0.1) is 0 Å². The molecule has 0 saturated carbocycles. The van der Waals surface area contributed by atoms with Gasteiger partial charge in [-0.25, -0.2) is 9.37 Å². The maximum Gasteiger partial charge on any atom is 0.309 e. The number of fused-ring (bicyclic) bond motifs is 3. The fourth-order valence-corrected chi connectivity index (χ4v) is 6.07. The van der Waals surface area contributed by atoms with Crippen LogP contribution in [0.4, 0.5) is 4.39 Å². The minimum atomic E-state index is -1.13. The molecule has 3 aliphatic heterocycles. The van der Waals surface area contributed by atoms with Crippen LogP contribution in [0.3, 0.4) is 0 Å². The van der Waals surface area contributed by atoms with E-state index in [9.17, 15) is 15.0 Å². The van der Waals surface area contributed by atoms with E-state index in [1.54, 1.807) is 18.2 Å². The summed E-state index contributed by atoms with van der Waals surface area (Å²) in [5.74, 6) is -1.41. The van der Waals surface area contributed by atoms with Crippen molar-refractivity contribution >= 4 is 5.97 Å². The van der Waals surface area contributed by atoms with E-state index >= 15 is 4.39 Å². The van der Waals surface area contributed by atoms with Crippen LogP contribution in [-0.4, -0.2) is 58.5 Å². The Bertz CT molecular complexity index is 1430. The fourth-order valence-electron chi connectivity index (χ4n) is 6.07. The highest BCUT2D eigenvalue weighted by molar-refractivity contribution is 5.71. The summed E-state index contributed by atoms with van der Waals surface area (Å²) in [4.78, 5) is 17.8. The van der Waals surface area contributed by atoms with Crippen LogP contribution in [0.15, 0.2) is 48.7 Å². The van der Waals surface area contributed by atoms with Crippen LogP contribution < -0.4 is 9.47 Å². The van der Waals surface area contributed by atoms with Crippen LogP contribution in [-0.2, 0) is 22.5 Å². The number of aryl methyl sites for hydroxylation is 1. The lowest BCUT2D eigenvalue weighted by molar-refractivity contribution is -0.145. The Hall–Kier alpha value is -3.53. The van der Waals surface area contributed by atoms with Crippen LogP contribution in [0.2, 0.25) is 0 Å². The van der Waals surface area contributed by atoms with Crippen molar-refractivity contribution in [2.75, 3.05) is 20.3 Å². The Labute approximate surface area is 232 Å². The molecular weight excluding hydrogens is 515 g/mol. The Morgan fingerprint density at radius 3 is 2.80 bits per heavy atom. The highest BCUT2D eigenvalue weighted by Crippen LogP contribution is 2.40. The number of benzene rings is 2. The minimum absolute atomic E-state index is 0.236. The molecule has 5 atom stereocenters. The summed E-state index contributed by atoms with van der Waals surface area (Å²) >= 11 is 0. The van der Waals surface area contributed by atoms with E-state index in [2.05, 4.69) is 16.0 Å². The SMILES string of the molecule is COc1cc(-c2ccc(C3CCc4ccc([C@H](O)[C@H](C)C(=O)O)cc4O3)cc2CN2CC3CC2CO3)c(F)cn1. The molecular formula is C31H33FN2O6. The minimum Gasteiger partial charge on any atom is -0.485 e. The van der Waals surface area contributed by atoms with Gasteiger partial charge >= 0.3 is 5.97 Å². The van der Waals surface area contributed by atoms with Crippen molar-refractivity contribution in [2.45, 2.75) is 57.1 Å². The second kappa shape index (κ2) is 10.8. The summed E-state index contributed by atoms with van der Waals surface area (Å²) in [6, 6.07) is 13.4. The number of hydrogen-bond donors (Lipinski definition) is 2. The lowest BCUT2D eigenvalue weighted by Gasteiger charge is -2.30. The van der Waals surface area contributed by atoms with Gasteiger partial charge in [0.2, 0.25) is 5.88 Å². The molecule has 2 aromatic carbocycles. The molecule has 8 nitrogen and oxygen atoms in total. The molecule has 0 spiro atoms. The third-order valence-electron chi connectivity index (χ3n) is 8.46. The molecule has 0 amide bonds. The van der Waals surface area contributed by atoms with Gasteiger partial charge < -0.3 is 24.4 Å².